The fourth-order valence-corrected chi connectivity index (χ4v) is 0.369. The molecular formula is C4H8O3Zn. The summed E-state index contributed by atoms with van der Waals surface area (Å²) in [4.78, 5) is 8.83. The van der Waals surface area contributed by atoms with E-state index in [1.165, 1.54) is 0 Å². The third-order valence-electron chi connectivity index (χ3n) is 0.725. The average Bonchev–Trinajstić information content (AvgIpc) is 2.22. The van der Waals surface area contributed by atoms with Gasteiger partial charge < -0.3 is 4.74 Å². The molecule has 8 heavy (non-hydrogen) atoms. The molecule has 0 aromatic carbocycles. The van der Waals surface area contributed by atoms with Crippen LogP contribution in [0.2, 0.25) is 0 Å². The molecule has 0 bridgehead atoms. The van der Waals surface area contributed by atoms with Crippen LogP contribution in [0.1, 0.15) is 13.8 Å². The molecule has 0 spiro atoms. The second-order valence-electron chi connectivity index (χ2n) is 1.46. The van der Waals surface area contributed by atoms with Crippen molar-refractivity contribution in [2.75, 3.05) is 6.61 Å². The normalized spacial score (nSPS) is 21.8. The molecule has 3 nitrogen and oxygen atoms in total. The first-order valence-corrected chi connectivity index (χ1v) is 2.27. The van der Waals surface area contributed by atoms with Crippen LogP contribution in [0, 0.1) is 0 Å². The minimum atomic E-state index is -0.700. The van der Waals surface area contributed by atoms with E-state index in [2.05, 4.69) is 9.78 Å². The quantitative estimate of drug-likeness (QED) is 0.346. The van der Waals surface area contributed by atoms with Gasteiger partial charge in [0.2, 0.25) is 0 Å². The van der Waals surface area contributed by atoms with Gasteiger partial charge in [-0.25, -0.2) is 0 Å². The molecule has 1 rings (SSSR count). The summed E-state index contributed by atoms with van der Waals surface area (Å²) in [5.74, 6) is -0.700. The molecule has 1 fully saturated rings. The third kappa shape index (κ3) is 2.18. The van der Waals surface area contributed by atoms with Crippen LogP contribution in [0.3, 0.4) is 0 Å². The van der Waals surface area contributed by atoms with Gasteiger partial charge in [-0.2, -0.15) is 9.78 Å². The number of ether oxygens (including phenoxy) is 1. The van der Waals surface area contributed by atoms with Crippen LogP contribution in [0.15, 0.2) is 0 Å². The molecule has 0 N–H and O–H groups in total. The molecule has 1 saturated heterocycles. The monoisotopic (exact) mass is 168 g/mol. The summed E-state index contributed by atoms with van der Waals surface area (Å²) >= 11 is 0. The van der Waals surface area contributed by atoms with Gasteiger partial charge in [0.05, 0.1) is 0 Å². The molecule has 1 aliphatic heterocycles. The summed E-state index contributed by atoms with van der Waals surface area (Å²) in [5.41, 5.74) is 0. The molecule has 1 heterocycles. The fourth-order valence-electron chi connectivity index (χ4n) is 0.369. The van der Waals surface area contributed by atoms with Gasteiger partial charge in [-0.05, 0) is 6.92 Å². The van der Waals surface area contributed by atoms with Crippen molar-refractivity contribution >= 4 is 0 Å². The predicted molar refractivity (Wildman–Crippen MR) is 22.2 cm³/mol. The molecule has 0 radical (unpaired) electrons. The Labute approximate surface area is 61.0 Å². The Hall–Kier alpha value is 0.503. The molecule has 0 aromatic rings. The largest absolute Gasteiger partial charge is 0.337 e. The van der Waals surface area contributed by atoms with Gasteiger partial charge in [-0.1, -0.05) is 0 Å². The topological polar surface area (TPSA) is 34.3 Å². The maximum Gasteiger partial charge on any atom is 0.337 e. The molecule has 1 aliphatic rings. The van der Waals surface area contributed by atoms with E-state index in [9.17, 15) is 0 Å². The van der Waals surface area contributed by atoms with Crippen molar-refractivity contribution in [3.8, 4) is 0 Å². The van der Waals surface area contributed by atoms with Crippen molar-refractivity contribution in [3.05, 3.63) is 0 Å². The molecule has 44 valence electrons. The second-order valence-corrected chi connectivity index (χ2v) is 1.46. The van der Waals surface area contributed by atoms with Crippen LogP contribution in [-0.4, -0.2) is 12.6 Å². The Kier molecular flexibility index (Phi) is 3.06. The molecule has 0 saturated carbocycles. The number of rotatable bonds is 2. The summed E-state index contributed by atoms with van der Waals surface area (Å²) in [6.45, 7) is 4.23. The van der Waals surface area contributed by atoms with E-state index in [4.69, 9.17) is 4.74 Å². The van der Waals surface area contributed by atoms with Gasteiger partial charge in [0.25, 0.3) is 0 Å². The number of hydrogen-bond donors (Lipinski definition) is 0. The first-order valence-electron chi connectivity index (χ1n) is 2.27. The standard InChI is InChI=1S/C4H8O3.Zn/c1-3-5-4(2)6-7-4;/h3H2,1-2H3;. The second kappa shape index (κ2) is 2.88. The van der Waals surface area contributed by atoms with Crippen LogP contribution in [0.25, 0.3) is 0 Å². The van der Waals surface area contributed by atoms with Crippen molar-refractivity contribution in [1.29, 1.82) is 0 Å². The van der Waals surface area contributed by atoms with Gasteiger partial charge in [-0.15, -0.1) is 0 Å². The van der Waals surface area contributed by atoms with E-state index in [1.807, 2.05) is 6.92 Å². The van der Waals surface area contributed by atoms with Gasteiger partial charge >= 0.3 is 5.97 Å². The van der Waals surface area contributed by atoms with E-state index in [0.717, 1.165) is 0 Å². The van der Waals surface area contributed by atoms with Crippen LogP contribution >= 0.6 is 0 Å². The van der Waals surface area contributed by atoms with Gasteiger partial charge in [0, 0.05) is 33.0 Å². The van der Waals surface area contributed by atoms with Crippen LogP contribution in [0.5, 0.6) is 0 Å². The Bertz CT molecular complexity index is 71.7. The van der Waals surface area contributed by atoms with E-state index >= 15 is 0 Å². The fraction of sp³-hybridized carbons (Fsp3) is 1.00. The van der Waals surface area contributed by atoms with Crippen molar-refractivity contribution in [3.63, 3.8) is 0 Å². The summed E-state index contributed by atoms with van der Waals surface area (Å²) in [6.07, 6.45) is 0. The smallest absolute Gasteiger partial charge is 0.324 e. The molecule has 0 amide bonds. The van der Waals surface area contributed by atoms with Crippen molar-refractivity contribution in [1.82, 2.24) is 0 Å². The molecule has 0 aromatic heterocycles. The van der Waals surface area contributed by atoms with Gasteiger partial charge in [0.1, 0.15) is 0 Å². The van der Waals surface area contributed by atoms with Crippen LogP contribution in [-0.2, 0) is 34.0 Å². The Morgan fingerprint density at radius 3 is 2.12 bits per heavy atom. The first kappa shape index (κ1) is 8.50. The minimum Gasteiger partial charge on any atom is -0.324 e. The van der Waals surface area contributed by atoms with Crippen molar-refractivity contribution in [2.45, 2.75) is 19.8 Å². The van der Waals surface area contributed by atoms with Crippen LogP contribution < -0.4 is 0 Å². The van der Waals surface area contributed by atoms with Gasteiger partial charge in [-0.3, -0.25) is 0 Å². The zero-order chi connectivity index (χ0) is 5.33. The predicted octanol–water partition coefficient (Wildman–Crippen LogP) is 0.656. The maximum atomic E-state index is 4.90. The average molecular weight is 169 g/mol. The molecular weight excluding hydrogens is 161 g/mol. The summed E-state index contributed by atoms with van der Waals surface area (Å²) < 4.78 is 4.90. The van der Waals surface area contributed by atoms with E-state index < -0.39 is 5.97 Å². The van der Waals surface area contributed by atoms with Crippen molar-refractivity contribution in [2.24, 2.45) is 0 Å². The molecule has 0 unspecified atom stereocenters. The molecule has 0 aliphatic carbocycles. The van der Waals surface area contributed by atoms with E-state index in [1.54, 1.807) is 6.92 Å². The zero-order valence-corrected chi connectivity index (χ0v) is 8.11. The Morgan fingerprint density at radius 2 is 2.00 bits per heavy atom. The van der Waals surface area contributed by atoms with E-state index in [0.29, 0.717) is 6.61 Å². The molecule has 0 atom stereocenters. The first-order chi connectivity index (χ1) is 3.27. The van der Waals surface area contributed by atoms with Gasteiger partial charge in [0.15, 0.2) is 0 Å². The van der Waals surface area contributed by atoms with Crippen molar-refractivity contribution < 1.29 is 34.0 Å². The Morgan fingerprint density at radius 1 is 1.50 bits per heavy atom. The molecule has 4 heteroatoms. The summed E-state index contributed by atoms with van der Waals surface area (Å²) in [5, 5.41) is 0. The summed E-state index contributed by atoms with van der Waals surface area (Å²) in [6, 6.07) is 0. The minimum absolute atomic E-state index is 0. The third-order valence-corrected chi connectivity index (χ3v) is 0.725. The Balaban J connectivity index is 0.000000490. The maximum absolute atomic E-state index is 4.90. The summed E-state index contributed by atoms with van der Waals surface area (Å²) in [7, 11) is 0. The van der Waals surface area contributed by atoms with Crippen LogP contribution in [0.4, 0.5) is 0 Å². The zero-order valence-electron chi connectivity index (χ0n) is 5.14. The van der Waals surface area contributed by atoms with E-state index in [-0.39, 0.29) is 19.5 Å². The number of hydrogen-bond acceptors (Lipinski definition) is 3. The SMILES string of the molecule is CCOC1(C)OO1.[Zn].